The molecule has 0 radical (unpaired) electrons. The van der Waals surface area contributed by atoms with Crippen molar-refractivity contribution >= 4 is 111 Å². The van der Waals surface area contributed by atoms with E-state index in [-0.39, 0.29) is 68.5 Å². The fourth-order valence-electron chi connectivity index (χ4n) is 22.3. The zero-order valence-electron chi connectivity index (χ0n) is 85.6. The van der Waals surface area contributed by atoms with Gasteiger partial charge >= 0.3 is 0 Å². The first-order chi connectivity index (χ1) is 70.4. The first-order valence-corrected chi connectivity index (χ1v) is 51.3. The van der Waals surface area contributed by atoms with Crippen LogP contribution in [0.1, 0.15) is 237 Å². The van der Waals surface area contributed by atoms with E-state index < -0.39 is 0 Å². The zero-order valence-corrected chi connectivity index (χ0v) is 85.6. The van der Waals surface area contributed by atoms with Crippen LogP contribution in [-0.4, -0.2) is 90.0 Å². The third kappa shape index (κ3) is 21.4. The second kappa shape index (κ2) is 43.3. The molecule has 0 unspecified atom stereocenters. The minimum absolute atomic E-state index is 0.0172. The van der Waals surface area contributed by atoms with Crippen molar-refractivity contribution in [1.29, 1.82) is 0 Å². The predicted octanol–water partition coefficient (Wildman–Crippen LogP) is 32.7. The Hall–Kier alpha value is -15.4. The third-order valence-electron chi connectivity index (χ3n) is 30.4. The predicted molar refractivity (Wildman–Crippen MR) is 592 cm³/mol. The van der Waals surface area contributed by atoms with Crippen molar-refractivity contribution < 1.29 is 73.2 Å². The van der Waals surface area contributed by atoms with Crippen LogP contribution in [0.4, 0.5) is 0 Å². The number of methoxy groups -OCH3 is 5. The van der Waals surface area contributed by atoms with Crippen LogP contribution in [0.2, 0.25) is 0 Å². The number of fused-ring (bicyclic) bond motifs is 5. The lowest BCUT2D eigenvalue weighted by Crippen LogP contribution is -2.25. The Balaban J connectivity index is 0.000000120. The molecule has 2 saturated carbocycles. The third-order valence-corrected chi connectivity index (χ3v) is 30.4. The average Bonchev–Trinajstić information content (AvgIpc) is 1.14. The number of ketones is 5. The van der Waals surface area contributed by atoms with Gasteiger partial charge in [-0.05, 0) is 331 Å². The van der Waals surface area contributed by atoms with Crippen molar-refractivity contribution in [3.63, 3.8) is 0 Å². The highest BCUT2D eigenvalue weighted by Gasteiger charge is 2.35. The molecule has 0 amide bonds. The number of carbonyl (C=O) groups is 5. The van der Waals surface area contributed by atoms with Gasteiger partial charge in [-0.2, -0.15) is 0 Å². The molecule has 0 saturated heterocycles. The van der Waals surface area contributed by atoms with Gasteiger partial charge in [0.1, 0.15) is 57.5 Å². The first-order valence-electron chi connectivity index (χ1n) is 51.3. The quantitative estimate of drug-likeness (QED) is 0.0538. The average molecular weight is 1940 g/mol. The highest BCUT2D eigenvalue weighted by Crippen LogP contribution is 2.48. The van der Waals surface area contributed by atoms with Gasteiger partial charge in [0, 0.05) is 75.3 Å². The molecular weight excluding hydrogens is 1810 g/mol. The number of allylic oxidation sites excluding steroid dienone is 10. The van der Waals surface area contributed by atoms with Crippen molar-refractivity contribution in [3.05, 3.63) is 357 Å². The van der Waals surface area contributed by atoms with Crippen molar-refractivity contribution in [2.75, 3.05) is 35.5 Å². The van der Waals surface area contributed by atoms with E-state index >= 15 is 0 Å². The van der Waals surface area contributed by atoms with Gasteiger partial charge in [-0.3, -0.25) is 24.0 Å². The van der Waals surface area contributed by atoms with Crippen LogP contribution >= 0.6 is 0 Å². The van der Waals surface area contributed by atoms with Crippen LogP contribution in [0.3, 0.4) is 0 Å². The minimum Gasteiger partial charge on any atom is -0.512 e. The molecule has 146 heavy (non-hydrogen) atoms. The smallest absolute Gasteiger partial charge is 0.167 e. The second-order valence-corrected chi connectivity index (χ2v) is 41.4. The summed E-state index contributed by atoms with van der Waals surface area (Å²) in [5.74, 6) is 6.82. The second-order valence-electron chi connectivity index (χ2n) is 41.4. The standard InChI is InChI=1S/C29H30O3.C28H28O3.C26H26O3.C25H24O3.C23H20O3/c1-29(14-4-3-5-15-29)24-18-22(10-13-27(24)32-2)20-6-7-21-17-23(9-8-19(21)16-20)28-25(30)11-12-26(28)31;1-31-27-14-11-22(17-24(27)18-5-3-2-4-6-18)20-7-8-21-16-23(10-9-19(21)15-20)28-25(29)12-13-26(28)30;1-26(2,3)21-15-19(9-12-24(21)29-4)17-5-6-18-14-20(8-7-16(18)13-17)25-22(27)10-11-23(25)28;1-15(2)21-14-19(8-11-24(21)28-3)17-4-5-18-13-20(7-6-16(18)12-17)25-22(26)9-10-23(25)27;1-14-11-15(7-10-22(14)26-2)16-3-4-18-13-19(6-5-17(18)12-16)23-20(24)8-9-21(23)25/h6-10,13,16-18,30H,3-5,11-12,14-15H2,1-2H3;7-11,14-18,29H,2-6,12-13H2,1H3;5-9,12-15,27H,10-11H2,1-4H3;4-8,11-15,26H,9-10H2,1-3H3;3-7,10-13,24H,8-9H2,1-2H3. The van der Waals surface area contributed by atoms with E-state index in [0.717, 1.165) is 149 Å². The number of aliphatic hydroxyl groups excluding tert-OH is 5. The van der Waals surface area contributed by atoms with Gasteiger partial charge in [-0.15, -0.1) is 0 Å². The molecule has 15 aromatic carbocycles. The van der Waals surface area contributed by atoms with Gasteiger partial charge in [-0.1, -0.05) is 232 Å². The first kappa shape index (κ1) is 101. The molecule has 0 bridgehead atoms. The van der Waals surface area contributed by atoms with Crippen LogP contribution in [0.15, 0.2) is 302 Å². The molecule has 0 heterocycles. The molecule has 15 nitrogen and oxygen atoms in total. The molecule has 7 aliphatic rings. The van der Waals surface area contributed by atoms with Gasteiger partial charge < -0.3 is 49.2 Å². The summed E-state index contributed by atoms with van der Waals surface area (Å²) in [7, 11) is 8.62. The Kier molecular flexibility index (Phi) is 29.9. The van der Waals surface area contributed by atoms with E-state index in [9.17, 15) is 49.5 Å². The van der Waals surface area contributed by atoms with Crippen molar-refractivity contribution in [2.45, 2.75) is 200 Å². The largest absolute Gasteiger partial charge is 0.512 e. The van der Waals surface area contributed by atoms with Gasteiger partial charge in [0.2, 0.25) is 0 Å². The maximum atomic E-state index is 12.2. The van der Waals surface area contributed by atoms with E-state index in [1.54, 1.807) is 35.5 Å². The molecule has 7 aliphatic carbocycles. The molecule has 5 N–H and O–H groups in total. The van der Waals surface area contributed by atoms with Crippen molar-refractivity contribution in [3.8, 4) is 84.4 Å². The molecule has 0 spiro atoms. The molecular formula is C131H128O15. The summed E-state index contributed by atoms with van der Waals surface area (Å²) in [6.45, 7) is 15.3. The fraction of sp³-hybridized carbons (Fsp3) is 0.275. The zero-order chi connectivity index (χ0) is 103. The van der Waals surface area contributed by atoms with Crippen LogP contribution in [0.25, 0.3) is 137 Å². The minimum atomic E-state index is -0.0172. The number of aryl methyl sites for hydroxylation is 1. The molecule has 0 aromatic heterocycles. The molecule has 2 fully saturated rings. The Morgan fingerprint density at radius 3 is 0.829 bits per heavy atom. The maximum Gasteiger partial charge on any atom is 0.167 e. The Bertz CT molecular complexity index is 7860. The summed E-state index contributed by atoms with van der Waals surface area (Å²) in [5, 5.41) is 61.2. The number of aliphatic hydroxyl groups is 5. The molecule has 742 valence electrons. The Labute approximate surface area is 855 Å². The molecule has 15 heteroatoms. The normalized spacial score (nSPS) is 16.0. The molecule has 0 atom stereocenters. The van der Waals surface area contributed by atoms with Gasteiger partial charge in [-0.25, -0.2) is 0 Å². The van der Waals surface area contributed by atoms with E-state index in [1.807, 2.05) is 116 Å². The van der Waals surface area contributed by atoms with Crippen LogP contribution in [0, 0.1) is 6.92 Å². The summed E-state index contributed by atoms with van der Waals surface area (Å²) < 4.78 is 27.8. The van der Waals surface area contributed by atoms with Gasteiger partial charge in [0.05, 0.1) is 63.4 Å². The van der Waals surface area contributed by atoms with E-state index in [4.69, 9.17) is 23.7 Å². The Morgan fingerprint density at radius 2 is 0.527 bits per heavy atom. The Morgan fingerprint density at radius 1 is 0.274 bits per heavy atom. The maximum absolute atomic E-state index is 12.2. The molecule has 22 rings (SSSR count). The fourth-order valence-corrected chi connectivity index (χ4v) is 22.3. The number of rotatable bonds is 18. The van der Waals surface area contributed by atoms with Crippen molar-refractivity contribution in [2.24, 2.45) is 0 Å². The van der Waals surface area contributed by atoms with E-state index in [1.165, 1.54) is 109 Å². The summed E-state index contributed by atoms with van der Waals surface area (Å²) in [6.07, 6.45) is 16.9. The summed E-state index contributed by atoms with van der Waals surface area (Å²) in [6, 6.07) is 93.6. The lowest BCUT2D eigenvalue weighted by Gasteiger charge is -2.35. The summed E-state index contributed by atoms with van der Waals surface area (Å²) in [4.78, 5) is 60.5. The highest BCUT2D eigenvalue weighted by molar-refractivity contribution is 6.27. The lowest BCUT2D eigenvalue weighted by atomic mass is 9.70. The topological polar surface area (TPSA) is 233 Å². The molecule has 0 aliphatic heterocycles. The number of hydrogen-bond donors (Lipinski definition) is 5. The number of carbonyl (C=O) groups excluding carboxylic acids is 5. The summed E-state index contributed by atoms with van der Waals surface area (Å²) in [5.41, 5.74) is 24.3. The van der Waals surface area contributed by atoms with E-state index in [0.29, 0.717) is 104 Å². The monoisotopic (exact) mass is 1940 g/mol. The summed E-state index contributed by atoms with van der Waals surface area (Å²) >= 11 is 0. The van der Waals surface area contributed by atoms with Gasteiger partial charge in [0.25, 0.3) is 0 Å². The van der Waals surface area contributed by atoms with Crippen LogP contribution < -0.4 is 23.7 Å². The number of ether oxygens (including phenoxy) is 5. The number of Topliss-reactive ketones (excluding diaryl/α,β-unsaturated/α-hetero) is 5. The molecule has 15 aromatic rings. The number of benzene rings is 15. The van der Waals surface area contributed by atoms with Crippen molar-refractivity contribution in [1.82, 2.24) is 0 Å². The lowest BCUT2D eigenvalue weighted by molar-refractivity contribution is -0.114. The van der Waals surface area contributed by atoms with Crippen LogP contribution in [0.5, 0.6) is 28.7 Å². The highest BCUT2D eigenvalue weighted by atomic mass is 16.5. The van der Waals surface area contributed by atoms with Crippen LogP contribution in [-0.2, 0) is 34.8 Å². The van der Waals surface area contributed by atoms with Gasteiger partial charge in [0.15, 0.2) is 28.9 Å². The SMILES string of the molecule is COc1ccc(-c2ccc3cc(C4=C(O)CCC4=O)ccc3c2)cc1C.COc1ccc(-c2ccc3cc(C4=C(O)CCC4=O)ccc3c2)cc1C(C)(C)C.COc1ccc(-c2ccc3cc(C4=C(O)CCC4=O)ccc3c2)cc1C(C)C.COc1ccc(-c2ccc3cc(C4=C(O)CCC4=O)ccc3c2)cc1C1(C)CCCCC1.COc1ccc(-c2ccc3cc(C4=C(O)CCC4=O)ccc3c2)cc1C1CCCCC1. The van der Waals surface area contributed by atoms with E-state index in [2.05, 4.69) is 205 Å². The number of hydrogen-bond acceptors (Lipinski definition) is 15.